The summed E-state index contributed by atoms with van der Waals surface area (Å²) >= 11 is 3.33. The summed E-state index contributed by atoms with van der Waals surface area (Å²) in [4.78, 5) is 39.8. The van der Waals surface area contributed by atoms with E-state index in [1.807, 2.05) is 11.1 Å². The number of aromatic amines is 2. The number of rotatable bonds is 6. The van der Waals surface area contributed by atoms with Gasteiger partial charge in [-0.05, 0) is 24.1 Å². The van der Waals surface area contributed by atoms with Crippen molar-refractivity contribution in [1.29, 1.82) is 0 Å². The molecule has 1 unspecified atom stereocenters. The molecule has 32 heavy (non-hydrogen) atoms. The van der Waals surface area contributed by atoms with E-state index in [1.165, 1.54) is 10.9 Å². The smallest absolute Gasteiger partial charge is 0.356 e. The quantitative estimate of drug-likeness (QED) is 0.455. The number of alkyl halides is 2. The molecule has 0 bridgehead atoms. The van der Waals surface area contributed by atoms with Crippen LogP contribution < -0.4 is 11.2 Å². The number of benzene rings is 1. The molecule has 1 aliphatic rings. The Morgan fingerprint density at radius 1 is 1.38 bits per heavy atom. The molecule has 1 amide bonds. The van der Waals surface area contributed by atoms with Gasteiger partial charge in [0, 0.05) is 17.2 Å². The molecule has 10 nitrogen and oxygen atoms in total. The molecule has 0 saturated carbocycles. The third kappa shape index (κ3) is 4.12. The zero-order valence-corrected chi connectivity index (χ0v) is 17.9. The first kappa shape index (κ1) is 22.0. The second-order valence-electron chi connectivity index (χ2n) is 7.30. The van der Waals surface area contributed by atoms with Gasteiger partial charge in [0.2, 0.25) is 0 Å². The molecule has 0 aliphatic carbocycles. The Hall–Kier alpha value is -3.19. The molecule has 1 fully saturated rings. The van der Waals surface area contributed by atoms with Crippen LogP contribution in [0.2, 0.25) is 0 Å². The molecule has 168 valence electrons. The second-order valence-corrected chi connectivity index (χ2v) is 8.21. The lowest BCUT2D eigenvalue weighted by Gasteiger charge is -2.41. The number of likely N-dealkylation sites (tertiary alicyclic amines) is 1. The number of aromatic nitrogens is 5. The van der Waals surface area contributed by atoms with Gasteiger partial charge in [-0.15, -0.1) is 5.10 Å². The van der Waals surface area contributed by atoms with Crippen LogP contribution in [0.1, 0.15) is 35.4 Å². The first-order valence-corrected chi connectivity index (χ1v) is 10.3. The number of aliphatic hydroxyl groups is 1. The van der Waals surface area contributed by atoms with Gasteiger partial charge in [-0.3, -0.25) is 14.6 Å². The molecule has 4 rings (SSSR count). The third-order valence-electron chi connectivity index (χ3n) is 5.20. The Balaban J connectivity index is 1.48. The average molecular weight is 511 g/mol. The highest BCUT2D eigenvalue weighted by molar-refractivity contribution is 9.10. The summed E-state index contributed by atoms with van der Waals surface area (Å²) in [5, 5.41) is 18.3. The Kier molecular flexibility index (Phi) is 5.77. The summed E-state index contributed by atoms with van der Waals surface area (Å²) in [6.45, 7) is 0.126. The fourth-order valence-corrected chi connectivity index (χ4v) is 3.85. The summed E-state index contributed by atoms with van der Waals surface area (Å²) in [5.41, 5.74) is -2.49. The van der Waals surface area contributed by atoms with Gasteiger partial charge in [0.1, 0.15) is 11.3 Å². The zero-order valence-electron chi connectivity index (χ0n) is 16.3. The van der Waals surface area contributed by atoms with E-state index in [9.17, 15) is 28.3 Å². The number of hydrogen-bond donors (Lipinski definition) is 3. The normalized spacial score (nSPS) is 17.1. The van der Waals surface area contributed by atoms with E-state index in [1.54, 1.807) is 23.2 Å². The van der Waals surface area contributed by atoms with Crippen LogP contribution in [0.4, 0.5) is 8.78 Å². The minimum absolute atomic E-state index is 0.0495. The predicted octanol–water partition coefficient (Wildman–Crippen LogP) is 1.22. The SMILES string of the molecule is O=C(N1CCC1c1cn(C[C@H](O)c2cccc(Br)c2)nn1)C(F)(F)c1c[nH]c(=O)[nH]c1=O. The number of hydrogen-bond acceptors (Lipinski definition) is 6. The number of amides is 1. The van der Waals surface area contributed by atoms with Gasteiger partial charge in [-0.2, -0.15) is 8.78 Å². The van der Waals surface area contributed by atoms with Crippen molar-refractivity contribution in [3.8, 4) is 0 Å². The number of carbonyl (C=O) groups excluding carboxylic acids is 1. The fraction of sp³-hybridized carbons (Fsp3) is 0.316. The monoisotopic (exact) mass is 510 g/mol. The number of aliphatic hydroxyl groups excluding tert-OH is 1. The van der Waals surface area contributed by atoms with E-state index in [2.05, 4.69) is 26.2 Å². The maximum absolute atomic E-state index is 14.7. The van der Waals surface area contributed by atoms with Crippen LogP contribution in [0, 0.1) is 0 Å². The zero-order chi connectivity index (χ0) is 23.0. The van der Waals surface area contributed by atoms with Crippen molar-refractivity contribution < 1.29 is 18.7 Å². The van der Waals surface area contributed by atoms with Crippen molar-refractivity contribution in [3.63, 3.8) is 0 Å². The van der Waals surface area contributed by atoms with E-state index in [0.717, 1.165) is 9.37 Å². The Morgan fingerprint density at radius 2 is 2.16 bits per heavy atom. The van der Waals surface area contributed by atoms with Crippen molar-refractivity contribution in [2.45, 2.75) is 31.0 Å². The van der Waals surface area contributed by atoms with Gasteiger partial charge in [-0.1, -0.05) is 33.3 Å². The van der Waals surface area contributed by atoms with Gasteiger partial charge in [0.05, 0.1) is 24.9 Å². The van der Waals surface area contributed by atoms with Gasteiger partial charge in [0.15, 0.2) is 0 Å². The largest absolute Gasteiger partial charge is 0.386 e. The average Bonchev–Trinajstić information content (AvgIpc) is 3.14. The molecule has 3 heterocycles. The lowest BCUT2D eigenvalue weighted by atomic mass is 9.97. The first-order chi connectivity index (χ1) is 15.2. The Bertz CT molecular complexity index is 1270. The van der Waals surface area contributed by atoms with E-state index in [0.29, 0.717) is 18.2 Å². The summed E-state index contributed by atoms with van der Waals surface area (Å²) in [5.74, 6) is -5.71. The van der Waals surface area contributed by atoms with Crippen molar-refractivity contribution in [3.05, 3.63) is 78.8 Å². The van der Waals surface area contributed by atoms with E-state index in [-0.39, 0.29) is 18.8 Å². The highest BCUT2D eigenvalue weighted by Gasteiger charge is 2.51. The van der Waals surface area contributed by atoms with Gasteiger partial charge in [-0.25, -0.2) is 9.48 Å². The van der Waals surface area contributed by atoms with Crippen LogP contribution in [0.5, 0.6) is 0 Å². The lowest BCUT2D eigenvalue weighted by molar-refractivity contribution is -0.168. The molecule has 13 heteroatoms. The van der Waals surface area contributed by atoms with E-state index < -0.39 is 40.8 Å². The number of nitrogens with one attached hydrogen (secondary N) is 2. The van der Waals surface area contributed by atoms with Gasteiger partial charge < -0.3 is 15.0 Å². The highest BCUT2D eigenvalue weighted by Crippen LogP contribution is 2.38. The van der Waals surface area contributed by atoms with Crippen LogP contribution in [0.25, 0.3) is 0 Å². The molecule has 3 aromatic rings. The molecule has 1 saturated heterocycles. The maximum atomic E-state index is 14.7. The van der Waals surface area contributed by atoms with Crippen LogP contribution in [0.15, 0.2) is 50.7 Å². The number of H-pyrrole nitrogens is 2. The third-order valence-corrected chi connectivity index (χ3v) is 5.69. The molecule has 2 aromatic heterocycles. The minimum Gasteiger partial charge on any atom is -0.386 e. The van der Waals surface area contributed by atoms with Crippen LogP contribution >= 0.6 is 15.9 Å². The number of halogens is 3. The minimum atomic E-state index is -4.14. The topological polar surface area (TPSA) is 137 Å². The molecule has 0 spiro atoms. The molecule has 1 aliphatic heterocycles. The fourth-order valence-electron chi connectivity index (χ4n) is 3.43. The molecule has 0 radical (unpaired) electrons. The summed E-state index contributed by atoms with van der Waals surface area (Å²) in [7, 11) is 0. The van der Waals surface area contributed by atoms with Gasteiger partial charge >= 0.3 is 11.6 Å². The Labute approximate surface area is 187 Å². The summed E-state index contributed by atoms with van der Waals surface area (Å²) in [6, 6.07) is 6.37. The van der Waals surface area contributed by atoms with Crippen molar-refractivity contribution in [2.75, 3.05) is 6.54 Å². The standard InChI is InChI=1S/C19H17BrF2N6O4/c20-11-3-1-2-10(6-11)15(29)9-27-8-13(25-26-27)14-4-5-28(14)17(31)19(21,22)12-7-23-18(32)24-16(12)30/h1-3,6-8,14-15,29H,4-5,9H2,(H2,23,24,30,32)/t14?,15-/m0/s1. The van der Waals surface area contributed by atoms with E-state index >= 15 is 0 Å². The second kappa shape index (κ2) is 8.39. The molecular formula is C19H17BrF2N6O4. The predicted molar refractivity (Wildman–Crippen MR) is 110 cm³/mol. The first-order valence-electron chi connectivity index (χ1n) is 9.51. The Morgan fingerprint density at radius 3 is 2.81 bits per heavy atom. The van der Waals surface area contributed by atoms with Gasteiger partial charge in [0.25, 0.3) is 11.5 Å². The van der Waals surface area contributed by atoms with Crippen LogP contribution in [-0.2, 0) is 17.3 Å². The van der Waals surface area contributed by atoms with Crippen molar-refractivity contribution in [1.82, 2.24) is 29.9 Å². The molecule has 2 atom stereocenters. The number of carbonyl (C=O) groups is 1. The maximum Gasteiger partial charge on any atom is 0.356 e. The van der Waals surface area contributed by atoms with Crippen LogP contribution in [0.3, 0.4) is 0 Å². The van der Waals surface area contributed by atoms with Crippen molar-refractivity contribution in [2.24, 2.45) is 0 Å². The molecular weight excluding hydrogens is 494 g/mol. The van der Waals surface area contributed by atoms with Crippen molar-refractivity contribution >= 4 is 21.8 Å². The summed E-state index contributed by atoms with van der Waals surface area (Å²) in [6.07, 6.45) is 1.53. The van der Waals surface area contributed by atoms with E-state index in [4.69, 9.17) is 0 Å². The lowest BCUT2D eigenvalue weighted by Crippen LogP contribution is -2.52. The molecule has 3 N–H and O–H groups in total. The van der Waals surface area contributed by atoms with Crippen LogP contribution in [-0.4, -0.2) is 47.4 Å². The summed E-state index contributed by atoms with van der Waals surface area (Å²) < 4.78 is 31.5. The number of nitrogens with zero attached hydrogens (tertiary/aromatic N) is 4. The molecule has 1 aromatic carbocycles. The highest BCUT2D eigenvalue weighted by atomic mass is 79.9.